The van der Waals surface area contributed by atoms with Gasteiger partial charge in [-0.2, -0.15) is 0 Å². The molecule has 1 aliphatic heterocycles. The van der Waals surface area contributed by atoms with Crippen molar-refractivity contribution in [3.05, 3.63) is 23.7 Å². The first-order valence-electron chi connectivity index (χ1n) is 4.62. The van der Waals surface area contributed by atoms with Crippen LogP contribution in [-0.4, -0.2) is 29.4 Å². The van der Waals surface area contributed by atoms with E-state index < -0.39 is 0 Å². The number of carbonyl (C=O) groups is 1. The predicted molar refractivity (Wildman–Crippen MR) is 51.9 cm³/mol. The average molecular weight is 194 g/mol. The van der Waals surface area contributed by atoms with Crippen molar-refractivity contribution >= 4 is 5.91 Å². The smallest absolute Gasteiger partial charge is 0.289 e. The average Bonchev–Trinajstić information content (AvgIpc) is 2.46. The van der Waals surface area contributed by atoms with Crippen LogP contribution in [0.2, 0.25) is 0 Å². The van der Waals surface area contributed by atoms with Gasteiger partial charge in [0.2, 0.25) is 0 Å². The molecule has 0 saturated carbocycles. The van der Waals surface area contributed by atoms with E-state index in [1.165, 1.54) is 0 Å². The Hall–Kier alpha value is -1.29. The van der Waals surface area contributed by atoms with Crippen molar-refractivity contribution in [2.24, 2.45) is 5.73 Å². The van der Waals surface area contributed by atoms with Crippen molar-refractivity contribution in [1.29, 1.82) is 0 Å². The Morgan fingerprint density at radius 2 is 2.21 bits per heavy atom. The molecule has 0 radical (unpaired) electrons. The summed E-state index contributed by atoms with van der Waals surface area (Å²) in [5.41, 5.74) is 5.58. The van der Waals surface area contributed by atoms with Crippen LogP contribution in [0.5, 0.6) is 0 Å². The van der Waals surface area contributed by atoms with Crippen LogP contribution in [0, 0.1) is 6.92 Å². The summed E-state index contributed by atoms with van der Waals surface area (Å²) in [5.74, 6) is 1.09. The third-order valence-electron chi connectivity index (χ3n) is 2.34. The van der Waals surface area contributed by atoms with Gasteiger partial charge >= 0.3 is 0 Å². The van der Waals surface area contributed by atoms with Crippen molar-refractivity contribution in [3.63, 3.8) is 0 Å². The molecule has 4 nitrogen and oxygen atoms in total. The molecule has 2 heterocycles. The van der Waals surface area contributed by atoms with E-state index in [0.717, 1.165) is 5.76 Å². The summed E-state index contributed by atoms with van der Waals surface area (Å²) in [6.45, 7) is 4.96. The third kappa shape index (κ3) is 1.53. The lowest BCUT2D eigenvalue weighted by atomic mass is 9.93. The fourth-order valence-electron chi connectivity index (χ4n) is 1.67. The van der Waals surface area contributed by atoms with Crippen LogP contribution in [0.4, 0.5) is 0 Å². The van der Waals surface area contributed by atoms with Gasteiger partial charge in [0.05, 0.1) is 0 Å². The molecule has 0 spiro atoms. The molecule has 2 rings (SSSR count). The molecule has 1 aromatic heterocycles. The maximum absolute atomic E-state index is 11.7. The second kappa shape index (κ2) is 2.85. The number of aryl methyl sites for hydroxylation is 1. The van der Waals surface area contributed by atoms with Crippen LogP contribution >= 0.6 is 0 Å². The number of likely N-dealkylation sites (tertiary alicyclic amines) is 1. The second-order valence-electron chi connectivity index (χ2n) is 4.23. The maximum Gasteiger partial charge on any atom is 0.289 e. The molecule has 1 amide bonds. The van der Waals surface area contributed by atoms with E-state index in [1.54, 1.807) is 17.0 Å². The summed E-state index contributed by atoms with van der Waals surface area (Å²) >= 11 is 0. The number of amides is 1. The van der Waals surface area contributed by atoms with Crippen LogP contribution in [-0.2, 0) is 0 Å². The molecule has 76 valence electrons. The topological polar surface area (TPSA) is 59.5 Å². The Kier molecular flexibility index (Phi) is 1.89. The molecule has 2 N–H and O–H groups in total. The van der Waals surface area contributed by atoms with Crippen LogP contribution in [0.25, 0.3) is 0 Å². The minimum Gasteiger partial charge on any atom is -0.456 e. The number of hydrogen-bond donors (Lipinski definition) is 1. The summed E-state index contributed by atoms with van der Waals surface area (Å²) < 4.78 is 5.24. The fourth-order valence-corrected chi connectivity index (χ4v) is 1.67. The van der Waals surface area contributed by atoms with E-state index in [2.05, 4.69) is 0 Å². The standard InChI is InChI=1S/C10H14N2O2/c1-7-3-4-8(14-7)9(13)12-5-10(2,11)6-12/h3-4H,5-6,11H2,1-2H3. The number of nitrogens with zero attached hydrogens (tertiary/aromatic N) is 1. The molecule has 0 bridgehead atoms. The fraction of sp³-hybridized carbons (Fsp3) is 0.500. The summed E-state index contributed by atoms with van der Waals surface area (Å²) in [6.07, 6.45) is 0. The zero-order valence-corrected chi connectivity index (χ0v) is 8.41. The summed E-state index contributed by atoms with van der Waals surface area (Å²) in [7, 11) is 0. The van der Waals surface area contributed by atoms with Gasteiger partial charge in [-0.3, -0.25) is 4.79 Å². The summed E-state index contributed by atoms with van der Waals surface area (Å²) in [5, 5.41) is 0. The number of carbonyl (C=O) groups excluding carboxylic acids is 1. The van der Waals surface area contributed by atoms with Gasteiger partial charge in [-0.25, -0.2) is 0 Å². The van der Waals surface area contributed by atoms with E-state index in [4.69, 9.17) is 10.2 Å². The van der Waals surface area contributed by atoms with Gasteiger partial charge in [-0.15, -0.1) is 0 Å². The molecule has 0 atom stereocenters. The number of rotatable bonds is 1. The molecule has 1 aliphatic rings. The first kappa shape index (κ1) is 9.27. The number of nitrogens with two attached hydrogens (primary N) is 1. The normalized spacial score (nSPS) is 19.2. The highest BCUT2D eigenvalue weighted by atomic mass is 16.3. The van der Waals surface area contributed by atoms with Gasteiger partial charge in [0.15, 0.2) is 5.76 Å². The Morgan fingerprint density at radius 1 is 1.57 bits per heavy atom. The highest BCUT2D eigenvalue weighted by Crippen LogP contribution is 2.20. The second-order valence-corrected chi connectivity index (χ2v) is 4.23. The van der Waals surface area contributed by atoms with E-state index in [0.29, 0.717) is 18.8 Å². The predicted octanol–water partition coefficient (Wildman–Crippen LogP) is 0.761. The van der Waals surface area contributed by atoms with Crippen LogP contribution in [0.1, 0.15) is 23.2 Å². The van der Waals surface area contributed by atoms with Crippen molar-refractivity contribution < 1.29 is 9.21 Å². The van der Waals surface area contributed by atoms with Gasteiger partial charge in [0, 0.05) is 18.6 Å². The molecule has 0 unspecified atom stereocenters. The molecule has 4 heteroatoms. The lowest BCUT2D eigenvalue weighted by molar-refractivity contribution is 0.0421. The van der Waals surface area contributed by atoms with Crippen LogP contribution in [0.3, 0.4) is 0 Å². The van der Waals surface area contributed by atoms with Crippen molar-refractivity contribution in [2.45, 2.75) is 19.4 Å². The Bertz CT molecular complexity index is 360. The molecule has 1 aromatic rings. The molecule has 1 fully saturated rings. The molecule has 0 aliphatic carbocycles. The van der Waals surface area contributed by atoms with E-state index in [9.17, 15) is 4.79 Å². The Morgan fingerprint density at radius 3 is 2.64 bits per heavy atom. The monoisotopic (exact) mass is 194 g/mol. The molecule has 0 aromatic carbocycles. The van der Waals surface area contributed by atoms with Crippen molar-refractivity contribution in [2.75, 3.05) is 13.1 Å². The summed E-state index contributed by atoms with van der Waals surface area (Å²) in [6, 6.07) is 3.48. The highest BCUT2D eigenvalue weighted by molar-refractivity contribution is 5.92. The summed E-state index contributed by atoms with van der Waals surface area (Å²) in [4.78, 5) is 13.4. The molecular formula is C10H14N2O2. The zero-order valence-electron chi connectivity index (χ0n) is 8.41. The largest absolute Gasteiger partial charge is 0.456 e. The SMILES string of the molecule is Cc1ccc(C(=O)N2CC(C)(N)C2)o1. The van der Waals surface area contributed by atoms with E-state index >= 15 is 0 Å². The minimum atomic E-state index is -0.225. The van der Waals surface area contributed by atoms with E-state index in [1.807, 2.05) is 13.8 Å². The quantitative estimate of drug-likeness (QED) is 0.718. The lowest BCUT2D eigenvalue weighted by Gasteiger charge is -2.44. The van der Waals surface area contributed by atoms with Gasteiger partial charge in [-0.1, -0.05) is 0 Å². The Labute approximate surface area is 82.7 Å². The maximum atomic E-state index is 11.7. The van der Waals surface area contributed by atoms with Gasteiger partial charge in [0.25, 0.3) is 5.91 Å². The first-order chi connectivity index (χ1) is 6.48. The van der Waals surface area contributed by atoms with Gasteiger partial charge in [-0.05, 0) is 26.0 Å². The van der Waals surface area contributed by atoms with Gasteiger partial charge < -0.3 is 15.1 Å². The molecular weight excluding hydrogens is 180 g/mol. The lowest BCUT2D eigenvalue weighted by Crippen LogP contribution is -2.66. The first-order valence-corrected chi connectivity index (χ1v) is 4.62. The van der Waals surface area contributed by atoms with Crippen LogP contribution in [0.15, 0.2) is 16.5 Å². The van der Waals surface area contributed by atoms with Gasteiger partial charge in [0.1, 0.15) is 5.76 Å². The minimum absolute atomic E-state index is 0.0685. The highest BCUT2D eigenvalue weighted by Gasteiger charge is 2.38. The Balaban J connectivity index is 2.04. The number of furan rings is 1. The van der Waals surface area contributed by atoms with Crippen molar-refractivity contribution in [1.82, 2.24) is 4.90 Å². The van der Waals surface area contributed by atoms with Crippen LogP contribution < -0.4 is 5.73 Å². The van der Waals surface area contributed by atoms with E-state index in [-0.39, 0.29) is 11.4 Å². The zero-order chi connectivity index (χ0) is 10.3. The number of hydrogen-bond acceptors (Lipinski definition) is 3. The molecule has 1 saturated heterocycles. The molecule has 14 heavy (non-hydrogen) atoms. The third-order valence-corrected chi connectivity index (χ3v) is 2.34. The van der Waals surface area contributed by atoms with Crippen molar-refractivity contribution in [3.8, 4) is 0 Å².